The van der Waals surface area contributed by atoms with Crippen LogP contribution in [0.5, 0.6) is 17.2 Å². The van der Waals surface area contributed by atoms with Gasteiger partial charge in [-0.1, -0.05) is 24.3 Å². The largest absolute Gasteiger partial charge is 0.508 e. The van der Waals surface area contributed by atoms with Gasteiger partial charge in [0.05, 0.1) is 5.69 Å². The topological polar surface area (TPSA) is 74.4 Å². The van der Waals surface area contributed by atoms with Gasteiger partial charge in [-0.25, -0.2) is 0 Å². The van der Waals surface area contributed by atoms with Crippen LogP contribution in [0, 0.1) is 0 Å². The van der Waals surface area contributed by atoms with Gasteiger partial charge in [-0.05, 0) is 54.1 Å². The first-order valence-corrected chi connectivity index (χ1v) is 9.14. The number of nitrogens with zero attached hydrogens (tertiary/aromatic N) is 2. The van der Waals surface area contributed by atoms with Crippen molar-refractivity contribution in [2.75, 3.05) is 0 Å². The molecule has 0 aliphatic heterocycles. The minimum Gasteiger partial charge on any atom is -0.508 e. The number of ether oxygens (including phenoxy) is 1. The Kier molecular flexibility index (Phi) is 4.72. The zero-order chi connectivity index (χ0) is 18.6. The first kappa shape index (κ1) is 17.1. The molecule has 4 aromatic rings. The molecule has 3 aromatic carbocycles. The molecule has 0 fully saturated rings. The first-order valence-electron chi connectivity index (χ1n) is 8.32. The molecule has 0 saturated heterocycles. The third-order valence-electron chi connectivity index (χ3n) is 3.96. The summed E-state index contributed by atoms with van der Waals surface area (Å²) >= 11 is 1.40. The van der Waals surface area contributed by atoms with E-state index in [1.807, 2.05) is 48.5 Å². The molecule has 0 radical (unpaired) electrons. The summed E-state index contributed by atoms with van der Waals surface area (Å²) in [4.78, 5) is 0. The molecule has 1 heterocycles. The van der Waals surface area contributed by atoms with Crippen LogP contribution in [0.2, 0.25) is 0 Å². The normalized spacial score (nSPS) is 11.3. The van der Waals surface area contributed by atoms with Crippen molar-refractivity contribution in [3.8, 4) is 17.2 Å². The van der Waals surface area contributed by atoms with E-state index in [0.29, 0.717) is 23.0 Å². The number of phenols is 1. The molecule has 0 atom stereocenters. The molecular weight excluding hydrogens is 360 g/mol. The molecule has 0 aliphatic rings. The Hall–Kier alpha value is -3.38. The minimum absolute atomic E-state index is 0.158. The van der Waals surface area contributed by atoms with Crippen LogP contribution in [-0.4, -0.2) is 10.2 Å². The van der Waals surface area contributed by atoms with Gasteiger partial charge in [0.25, 0.3) is 0 Å². The fourth-order valence-electron chi connectivity index (χ4n) is 2.61. The fourth-order valence-corrected chi connectivity index (χ4v) is 3.53. The lowest BCUT2D eigenvalue weighted by atomic mass is 10.2. The summed E-state index contributed by atoms with van der Waals surface area (Å²) in [6, 6.07) is 21.8. The van der Waals surface area contributed by atoms with Crippen LogP contribution in [0.3, 0.4) is 0 Å². The van der Waals surface area contributed by atoms with E-state index in [2.05, 4.69) is 10.2 Å². The summed E-state index contributed by atoms with van der Waals surface area (Å²) < 4.78 is 6.67. The molecule has 27 heavy (non-hydrogen) atoms. The molecule has 0 unspecified atom stereocenters. The van der Waals surface area contributed by atoms with E-state index in [4.69, 9.17) is 4.74 Å². The number of azo groups is 1. The van der Waals surface area contributed by atoms with Gasteiger partial charge in [-0.2, -0.15) is 0 Å². The van der Waals surface area contributed by atoms with Crippen LogP contribution in [0.1, 0.15) is 5.56 Å². The standard InChI is InChI=1S/C21H16N2O3S/c24-16-8-10-17(11-9-16)26-13-14-4-3-5-15(12-14)22-23-21-20(25)18-6-1-2-7-19(18)27-21/h1-12,24-25H,13H2. The van der Waals surface area contributed by atoms with Crippen LogP contribution >= 0.6 is 11.3 Å². The molecule has 5 nitrogen and oxygen atoms in total. The van der Waals surface area contributed by atoms with Crippen LogP contribution < -0.4 is 4.74 Å². The summed E-state index contributed by atoms with van der Waals surface area (Å²) in [5.74, 6) is 1.04. The van der Waals surface area contributed by atoms with Crippen molar-refractivity contribution in [1.29, 1.82) is 0 Å². The van der Waals surface area contributed by atoms with E-state index in [1.54, 1.807) is 24.3 Å². The number of phenolic OH excluding ortho intramolecular Hbond substituents is 1. The smallest absolute Gasteiger partial charge is 0.181 e. The summed E-state index contributed by atoms with van der Waals surface area (Å²) in [5, 5.41) is 29.3. The number of hydrogen-bond donors (Lipinski definition) is 2. The fraction of sp³-hybridized carbons (Fsp3) is 0.0476. The van der Waals surface area contributed by atoms with Gasteiger partial charge in [0.15, 0.2) is 10.8 Å². The van der Waals surface area contributed by atoms with Gasteiger partial charge in [0, 0.05) is 10.1 Å². The van der Waals surface area contributed by atoms with Crippen LogP contribution in [0.15, 0.2) is 83.0 Å². The predicted octanol–water partition coefficient (Wildman–Crippen LogP) is 6.31. The molecule has 0 spiro atoms. The maximum atomic E-state index is 10.3. The molecule has 6 heteroatoms. The van der Waals surface area contributed by atoms with Gasteiger partial charge in [0.1, 0.15) is 18.1 Å². The minimum atomic E-state index is 0.158. The molecule has 1 aromatic heterocycles. The summed E-state index contributed by atoms with van der Waals surface area (Å²) in [6.45, 7) is 0.377. The number of thiophene rings is 1. The Labute approximate surface area is 159 Å². The average molecular weight is 376 g/mol. The van der Waals surface area contributed by atoms with Crippen molar-refractivity contribution in [2.45, 2.75) is 6.61 Å². The van der Waals surface area contributed by atoms with Crippen LogP contribution in [0.4, 0.5) is 10.7 Å². The van der Waals surface area contributed by atoms with E-state index in [9.17, 15) is 10.2 Å². The summed E-state index contributed by atoms with van der Waals surface area (Å²) in [5.41, 5.74) is 1.62. The van der Waals surface area contributed by atoms with Crippen molar-refractivity contribution < 1.29 is 14.9 Å². The third kappa shape index (κ3) is 3.91. The quantitative estimate of drug-likeness (QED) is 0.401. The van der Waals surface area contributed by atoms with Gasteiger partial charge >= 0.3 is 0 Å². The Morgan fingerprint density at radius 3 is 2.48 bits per heavy atom. The second kappa shape index (κ2) is 7.47. The Morgan fingerprint density at radius 1 is 0.852 bits per heavy atom. The maximum Gasteiger partial charge on any atom is 0.181 e. The molecule has 0 bridgehead atoms. The van der Waals surface area contributed by atoms with Crippen molar-refractivity contribution in [3.05, 3.63) is 78.4 Å². The van der Waals surface area contributed by atoms with Crippen LogP contribution in [0.25, 0.3) is 10.1 Å². The van der Waals surface area contributed by atoms with E-state index in [-0.39, 0.29) is 11.5 Å². The molecule has 4 rings (SSSR count). The number of rotatable bonds is 5. The number of benzene rings is 3. The predicted molar refractivity (Wildman–Crippen MR) is 107 cm³/mol. The Morgan fingerprint density at radius 2 is 1.67 bits per heavy atom. The highest BCUT2D eigenvalue weighted by molar-refractivity contribution is 7.23. The maximum absolute atomic E-state index is 10.3. The van der Waals surface area contributed by atoms with Gasteiger partial charge in [-0.3, -0.25) is 0 Å². The lowest BCUT2D eigenvalue weighted by Gasteiger charge is -2.06. The SMILES string of the molecule is Oc1ccc(OCc2cccc(N=Nc3sc4ccccc4c3O)c2)cc1. The van der Waals surface area contributed by atoms with Crippen molar-refractivity contribution in [3.63, 3.8) is 0 Å². The second-order valence-electron chi connectivity index (χ2n) is 5.90. The van der Waals surface area contributed by atoms with Gasteiger partial charge in [-0.15, -0.1) is 21.6 Å². The van der Waals surface area contributed by atoms with Gasteiger partial charge < -0.3 is 14.9 Å². The van der Waals surface area contributed by atoms with E-state index in [1.165, 1.54) is 11.3 Å². The zero-order valence-corrected chi connectivity index (χ0v) is 15.1. The molecule has 0 aliphatic carbocycles. The molecule has 134 valence electrons. The van der Waals surface area contributed by atoms with Crippen LogP contribution in [-0.2, 0) is 6.61 Å². The second-order valence-corrected chi connectivity index (χ2v) is 6.94. The van der Waals surface area contributed by atoms with Gasteiger partial charge in [0.2, 0.25) is 0 Å². The lowest BCUT2D eigenvalue weighted by molar-refractivity contribution is 0.305. The van der Waals surface area contributed by atoms with Crippen molar-refractivity contribution >= 4 is 32.1 Å². The third-order valence-corrected chi connectivity index (χ3v) is 5.00. The molecular formula is C21H16N2O3S. The first-order chi connectivity index (χ1) is 13.2. The molecule has 2 N–H and O–H groups in total. The highest BCUT2D eigenvalue weighted by Crippen LogP contribution is 2.43. The lowest BCUT2D eigenvalue weighted by Crippen LogP contribution is -1.94. The highest BCUT2D eigenvalue weighted by Gasteiger charge is 2.09. The Balaban J connectivity index is 1.49. The van der Waals surface area contributed by atoms with E-state index < -0.39 is 0 Å². The number of hydrogen-bond acceptors (Lipinski definition) is 6. The zero-order valence-electron chi connectivity index (χ0n) is 14.2. The average Bonchev–Trinajstić information content (AvgIpc) is 3.02. The van der Waals surface area contributed by atoms with E-state index >= 15 is 0 Å². The van der Waals surface area contributed by atoms with E-state index in [0.717, 1.165) is 15.6 Å². The molecule has 0 saturated carbocycles. The summed E-state index contributed by atoms with van der Waals surface area (Å²) in [6.07, 6.45) is 0. The molecule has 0 amide bonds. The highest BCUT2D eigenvalue weighted by atomic mass is 32.1. The van der Waals surface area contributed by atoms with Crippen molar-refractivity contribution in [1.82, 2.24) is 0 Å². The Bertz CT molecular complexity index is 1100. The summed E-state index contributed by atoms with van der Waals surface area (Å²) in [7, 11) is 0. The number of aromatic hydroxyl groups is 2. The monoisotopic (exact) mass is 376 g/mol. The number of fused-ring (bicyclic) bond motifs is 1. The van der Waals surface area contributed by atoms with Crippen molar-refractivity contribution in [2.24, 2.45) is 10.2 Å².